The largest absolute Gasteiger partial charge is 0.394 e. The number of rotatable bonds is 17. The van der Waals surface area contributed by atoms with Crippen molar-refractivity contribution in [2.75, 3.05) is 13.2 Å². The smallest absolute Gasteiger partial charge is 0.252 e. The van der Waals surface area contributed by atoms with Crippen LogP contribution in [0.3, 0.4) is 0 Å². The monoisotopic (exact) mass is 392 g/mol. The molecule has 5 nitrogen and oxygen atoms in total. The van der Waals surface area contributed by atoms with Crippen molar-refractivity contribution < 1.29 is 15.0 Å². The van der Waals surface area contributed by atoms with E-state index in [4.69, 9.17) is 5.11 Å². The lowest BCUT2D eigenvalue weighted by Crippen LogP contribution is -2.33. The standard InChI is InChI=1S/C23H40N2O3/c1-2-3-4-5-6-7-8-9-10-11-12-13-14-21-16-15-20(17-24-21)23(28)25-18-22(27)19-26/h15-17,22,26-27H,2-14,18-19H2,1H3,(H,25,28). The maximum Gasteiger partial charge on any atom is 0.252 e. The number of hydrogen-bond acceptors (Lipinski definition) is 4. The summed E-state index contributed by atoms with van der Waals surface area (Å²) in [6.45, 7) is 1.94. The zero-order chi connectivity index (χ0) is 20.5. The van der Waals surface area contributed by atoms with Gasteiger partial charge in [-0.2, -0.15) is 0 Å². The van der Waals surface area contributed by atoms with Crippen LogP contribution in [0.25, 0.3) is 0 Å². The molecule has 0 aliphatic heterocycles. The van der Waals surface area contributed by atoms with Crippen molar-refractivity contribution in [2.45, 2.75) is 96.5 Å². The van der Waals surface area contributed by atoms with E-state index in [0.717, 1.165) is 18.5 Å². The predicted octanol–water partition coefficient (Wildman–Crippen LogP) is 4.41. The highest BCUT2D eigenvalue weighted by molar-refractivity contribution is 5.93. The molecule has 0 aliphatic rings. The van der Waals surface area contributed by atoms with Crippen LogP contribution in [0.5, 0.6) is 0 Å². The van der Waals surface area contributed by atoms with E-state index in [0.29, 0.717) is 5.56 Å². The Hall–Kier alpha value is -1.46. The number of aliphatic hydroxyl groups is 2. The highest BCUT2D eigenvalue weighted by Crippen LogP contribution is 2.13. The van der Waals surface area contributed by atoms with Crippen molar-refractivity contribution in [1.29, 1.82) is 0 Å². The van der Waals surface area contributed by atoms with Gasteiger partial charge in [0.1, 0.15) is 0 Å². The number of aromatic nitrogens is 1. The SMILES string of the molecule is CCCCCCCCCCCCCCc1ccc(C(=O)NCC(O)CO)cn1. The highest BCUT2D eigenvalue weighted by Gasteiger charge is 2.08. The molecular formula is C23H40N2O3. The molecule has 0 radical (unpaired) electrons. The summed E-state index contributed by atoms with van der Waals surface area (Å²) in [5.74, 6) is -0.281. The van der Waals surface area contributed by atoms with Gasteiger partial charge >= 0.3 is 0 Å². The molecule has 1 atom stereocenters. The summed E-state index contributed by atoms with van der Waals surface area (Å²) < 4.78 is 0. The van der Waals surface area contributed by atoms with Gasteiger partial charge in [-0.05, 0) is 25.0 Å². The number of pyridine rings is 1. The summed E-state index contributed by atoms with van der Waals surface area (Å²) in [5, 5.41) is 20.6. The quantitative estimate of drug-likeness (QED) is 0.343. The number of nitrogens with zero attached hydrogens (tertiary/aromatic N) is 1. The van der Waals surface area contributed by atoms with Crippen molar-refractivity contribution in [2.24, 2.45) is 0 Å². The average Bonchev–Trinajstić information content (AvgIpc) is 2.73. The minimum atomic E-state index is -0.929. The molecule has 0 bridgehead atoms. The van der Waals surface area contributed by atoms with E-state index in [1.807, 2.05) is 6.07 Å². The second-order valence-electron chi connectivity index (χ2n) is 7.72. The number of carbonyl (C=O) groups is 1. The third-order valence-electron chi connectivity index (χ3n) is 5.08. The van der Waals surface area contributed by atoms with Gasteiger partial charge < -0.3 is 15.5 Å². The number of hydrogen-bond donors (Lipinski definition) is 3. The lowest BCUT2D eigenvalue weighted by atomic mass is 10.0. The topological polar surface area (TPSA) is 82.5 Å². The summed E-state index contributed by atoms with van der Waals surface area (Å²) in [5.41, 5.74) is 1.49. The maximum absolute atomic E-state index is 11.9. The van der Waals surface area contributed by atoms with E-state index in [1.165, 1.54) is 70.6 Å². The van der Waals surface area contributed by atoms with Gasteiger partial charge in [-0.25, -0.2) is 0 Å². The molecule has 1 heterocycles. The second-order valence-corrected chi connectivity index (χ2v) is 7.72. The van der Waals surface area contributed by atoms with Crippen molar-refractivity contribution in [1.82, 2.24) is 10.3 Å². The van der Waals surface area contributed by atoms with Gasteiger partial charge in [0.2, 0.25) is 0 Å². The number of nitrogens with one attached hydrogen (secondary N) is 1. The van der Waals surface area contributed by atoms with E-state index in [-0.39, 0.29) is 19.1 Å². The van der Waals surface area contributed by atoms with Crippen LogP contribution >= 0.6 is 0 Å². The van der Waals surface area contributed by atoms with Crippen LogP contribution in [-0.4, -0.2) is 40.4 Å². The predicted molar refractivity (Wildman–Crippen MR) is 114 cm³/mol. The highest BCUT2D eigenvalue weighted by atomic mass is 16.3. The van der Waals surface area contributed by atoms with Crippen molar-refractivity contribution in [3.8, 4) is 0 Å². The molecule has 0 spiro atoms. The third kappa shape index (κ3) is 12.1. The van der Waals surface area contributed by atoms with Crippen molar-refractivity contribution in [3.63, 3.8) is 0 Å². The van der Waals surface area contributed by atoms with E-state index >= 15 is 0 Å². The molecule has 1 unspecified atom stereocenters. The van der Waals surface area contributed by atoms with Crippen LogP contribution < -0.4 is 5.32 Å². The fraction of sp³-hybridized carbons (Fsp3) is 0.739. The molecule has 1 rings (SSSR count). The third-order valence-corrected chi connectivity index (χ3v) is 5.08. The summed E-state index contributed by atoms with van der Waals surface area (Å²) >= 11 is 0. The average molecular weight is 393 g/mol. The van der Waals surface area contributed by atoms with Crippen LogP contribution in [0.15, 0.2) is 18.3 Å². The number of aliphatic hydroxyl groups excluding tert-OH is 2. The van der Waals surface area contributed by atoms with Crippen LogP contribution in [0.1, 0.15) is 100 Å². The summed E-state index contributed by atoms with van der Waals surface area (Å²) in [6, 6.07) is 3.67. The van der Waals surface area contributed by atoms with Crippen molar-refractivity contribution in [3.05, 3.63) is 29.6 Å². The van der Waals surface area contributed by atoms with Crippen LogP contribution in [-0.2, 0) is 6.42 Å². The van der Waals surface area contributed by atoms with E-state index in [1.54, 1.807) is 12.3 Å². The van der Waals surface area contributed by atoms with Gasteiger partial charge in [-0.3, -0.25) is 9.78 Å². The zero-order valence-corrected chi connectivity index (χ0v) is 17.7. The molecule has 1 aromatic heterocycles. The van der Waals surface area contributed by atoms with Gasteiger partial charge in [0.15, 0.2) is 0 Å². The van der Waals surface area contributed by atoms with Gasteiger partial charge in [-0.1, -0.05) is 77.6 Å². The Bertz CT molecular complexity index is 505. The first kappa shape index (κ1) is 24.6. The lowest BCUT2D eigenvalue weighted by molar-refractivity contribution is 0.0801. The molecule has 0 aromatic carbocycles. The van der Waals surface area contributed by atoms with Crippen LogP contribution in [0, 0.1) is 0 Å². The summed E-state index contributed by atoms with van der Waals surface area (Å²) in [7, 11) is 0. The molecule has 0 saturated carbocycles. The Morgan fingerprint density at radius 2 is 1.54 bits per heavy atom. The first-order valence-electron chi connectivity index (χ1n) is 11.2. The van der Waals surface area contributed by atoms with Crippen LogP contribution in [0.2, 0.25) is 0 Å². The number of amides is 1. The summed E-state index contributed by atoms with van der Waals surface area (Å²) in [4.78, 5) is 16.3. The molecule has 0 aliphatic carbocycles. The first-order valence-corrected chi connectivity index (χ1v) is 11.2. The fourth-order valence-electron chi connectivity index (χ4n) is 3.23. The molecule has 160 valence electrons. The molecule has 1 amide bonds. The Kier molecular flexibility index (Phi) is 14.5. The zero-order valence-electron chi connectivity index (χ0n) is 17.7. The molecule has 0 saturated heterocycles. The van der Waals surface area contributed by atoms with Crippen LogP contribution in [0.4, 0.5) is 0 Å². The molecular weight excluding hydrogens is 352 g/mol. The first-order chi connectivity index (χ1) is 13.7. The number of carbonyl (C=O) groups excluding carboxylic acids is 1. The summed E-state index contributed by atoms with van der Waals surface area (Å²) in [6.07, 6.45) is 17.7. The van der Waals surface area contributed by atoms with Crippen molar-refractivity contribution >= 4 is 5.91 Å². The molecule has 3 N–H and O–H groups in total. The van der Waals surface area contributed by atoms with E-state index < -0.39 is 6.10 Å². The van der Waals surface area contributed by atoms with Gasteiger partial charge in [0.25, 0.3) is 5.91 Å². The minimum absolute atomic E-state index is 0.0376. The Morgan fingerprint density at radius 3 is 2.04 bits per heavy atom. The minimum Gasteiger partial charge on any atom is -0.394 e. The number of unbranched alkanes of at least 4 members (excludes halogenated alkanes) is 11. The maximum atomic E-state index is 11.9. The molecule has 0 fully saturated rings. The molecule has 28 heavy (non-hydrogen) atoms. The Balaban J connectivity index is 2.03. The van der Waals surface area contributed by atoms with Gasteiger partial charge in [-0.15, -0.1) is 0 Å². The molecule has 1 aromatic rings. The van der Waals surface area contributed by atoms with Gasteiger partial charge in [0, 0.05) is 18.4 Å². The van der Waals surface area contributed by atoms with E-state index in [2.05, 4.69) is 17.2 Å². The Morgan fingerprint density at radius 1 is 0.964 bits per heavy atom. The number of aryl methyl sites for hydroxylation is 1. The van der Waals surface area contributed by atoms with Gasteiger partial charge in [0.05, 0.1) is 18.3 Å². The normalized spacial score (nSPS) is 12.1. The fourth-order valence-corrected chi connectivity index (χ4v) is 3.23. The second kappa shape index (κ2) is 16.5. The lowest BCUT2D eigenvalue weighted by Gasteiger charge is -2.09. The molecule has 5 heteroatoms. The Labute approximate surface area is 171 Å². The van der Waals surface area contributed by atoms with E-state index in [9.17, 15) is 9.90 Å².